The third kappa shape index (κ3) is 7.85. The summed E-state index contributed by atoms with van der Waals surface area (Å²) in [5.74, 6) is 1.01. The standard InChI is InChI=1S/C35H48N2O7/c1-34(2,3)43-32(39)36-19-11-9-13-29(36)27-21-23(41-7)15-17-25(27)31(38)26-18-16-24(42-8)22-28(26)30-14-10-12-20-37(30)33(40)44-35(4,5)6/h15-18,21-22,29-30H,9-14,19-20H2,1-8H3/t29-,30?/m0/s1. The zero-order chi connectivity index (χ0) is 32.2. The molecule has 0 bridgehead atoms. The second kappa shape index (κ2) is 13.5. The molecule has 2 atom stereocenters. The summed E-state index contributed by atoms with van der Waals surface area (Å²) in [7, 11) is 3.17. The van der Waals surface area contributed by atoms with Gasteiger partial charge in [0.1, 0.15) is 22.7 Å². The van der Waals surface area contributed by atoms with Gasteiger partial charge in [0.15, 0.2) is 5.78 Å². The van der Waals surface area contributed by atoms with Crippen molar-refractivity contribution in [1.82, 2.24) is 9.80 Å². The molecule has 0 saturated carbocycles. The van der Waals surface area contributed by atoms with Crippen LogP contribution in [0.4, 0.5) is 9.59 Å². The van der Waals surface area contributed by atoms with E-state index >= 15 is 0 Å². The zero-order valence-electron chi connectivity index (χ0n) is 27.5. The monoisotopic (exact) mass is 608 g/mol. The number of benzene rings is 2. The number of hydrogen-bond acceptors (Lipinski definition) is 7. The normalized spacial score (nSPS) is 19.3. The van der Waals surface area contributed by atoms with Crippen molar-refractivity contribution >= 4 is 18.0 Å². The molecule has 2 aliphatic rings. The lowest BCUT2D eigenvalue weighted by molar-refractivity contribution is 0.00854. The van der Waals surface area contributed by atoms with Gasteiger partial charge in [0.05, 0.1) is 26.3 Å². The number of hydrogen-bond donors (Lipinski definition) is 0. The lowest BCUT2D eigenvalue weighted by atomic mass is 9.85. The molecule has 9 nitrogen and oxygen atoms in total. The maximum Gasteiger partial charge on any atom is 0.410 e. The van der Waals surface area contributed by atoms with E-state index < -0.39 is 23.4 Å². The molecule has 2 aromatic rings. The molecule has 2 amide bonds. The molecule has 44 heavy (non-hydrogen) atoms. The van der Waals surface area contributed by atoms with E-state index in [0.717, 1.165) is 25.7 Å². The molecule has 0 spiro atoms. The molecule has 0 aromatic heterocycles. The molecule has 240 valence electrons. The van der Waals surface area contributed by atoms with E-state index in [0.29, 0.717) is 59.7 Å². The molecule has 2 fully saturated rings. The number of carbonyl (C=O) groups is 3. The van der Waals surface area contributed by atoms with Gasteiger partial charge in [-0.3, -0.25) is 4.79 Å². The van der Waals surface area contributed by atoms with Gasteiger partial charge in [0.25, 0.3) is 0 Å². The fourth-order valence-corrected chi connectivity index (χ4v) is 6.03. The summed E-state index contributed by atoms with van der Waals surface area (Å²) in [6, 6.07) is 10.1. The molecule has 0 aliphatic carbocycles. The molecular weight excluding hydrogens is 560 g/mol. The van der Waals surface area contributed by atoms with Gasteiger partial charge in [-0.15, -0.1) is 0 Å². The van der Waals surface area contributed by atoms with Gasteiger partial charge < -0.3 is 28.7 Å². The molecule has 0 radical (unpaired) electrons. The first-order valence-electron chi connectivity index (χ1n) is 15.6. The van der Waals surface area contributed by atoms with E-state index in [1.807, 2.05) is 53.7 Å². The van der Waals surface area contributed by atoms with Crippen LogP contribution in [0.3, 0.4) is 0 Å². The number of rotatable bonds is 6. The maximum absolute atomic E-state index is 14.6. The van der Waals surface area contributed by atoms with Crippen LogP contribution in [0.1, 0.15) is 119 Å². The fraction of sp³-hybridized carbons (Fsp3) is 0.571. The lowest BCUT2D eigenvalue weighted by Gasteiger charge is -2.38. The second-order valence-corrected chi connectivity index (χ2v) is 13.6. The first-order valence-corrected chi connectivity index (χ1v) is 15.6. The minimum atomic E-state index is -0.649. The molecule has 2 aromatic carbocycles. The fourth-order valence-electron chi connectivity index (χ4n) is 6.03. The largest absolute Gasteiger partial charge is 0.497 e. The van der Waals surface area contributed by atoms with Crippen molar-refractivity contribution in [2.75, 3.05) is 27.3 Å². The highest BCUT2D eigenvalue weighted by molar-refractivity contribution is 6.11. The molecule has 2 aliphatic heterocycles. The van der Waals surface area contributed by atoms with Gasteiger partial charge in [-0.1, -0.05) is 0 Å². The van der Waals surface area contributed by atoms with Crippen LogP contribution in [-0.2, 0) is 9.47 Å². The molecule has 0 N–H and O–H groups in total. The Balaban J connectivity index is 1.80. The number of ether oxygens (including phenoxy) is 4. The Labute approximate surface area is 261 Å². The minimum absolute atomic E-state index is 0.190. The maximum atomic E-state index is 14.6. The number of likely N-dealkylation sites (tertiary alicyclic amines) is 2. The zero-order valence-corrected chi connectivity index (χ0v) is 27.5. The summed E-state index contributed by atoms with van der Waals surface area (Å²) in [5, 5.41) is 0. The van der Waals surface area contributed by atoms with Gasteiger partial charge in [-0.05, 0) is 128 Å². The number of nitrogens with zero attached hydrogens (tertiary/aromatic N) is 2. The van der Waals surface area contributed by atoms with Crippen molar-refractivity contribution in [3.05, 3.63) is 58.7 Å². The van der Waals surface area contributed by atoms with Crippen LogP contribution in [0.2, 0.25) is 0 Å². The molecular formula is C35H48N2O7. The highest BCUT2D eigenvalue weighted by Gasteiger charge is 2.37. The van der Waals surface area contributed by atoms with Gasteiger partial charge in [0.2, 0.25) is 0 Å². The molecule has 4 rings (SSSR count). The lowest BCUT2D eigenvalue weighted by Crippen LogP contribution is -2.42. The smallest absolute Gasteiger partial charge is 0.410 e. The van der Waals surface area contributed by atoms with E-state index in [4.69, 9.17) is 18.9 Å². The number of ketones is 1. The summed E-state index contributed by atoms with van der Waals surface area (Å²) in [6.07, 6.45) is 4.12. The molecule has 2 heterocycles. The van der Waals surface area contributed by atoms with Crippen LogP contribution in [0.25, 0.3) is 0 Å². The Bertz CT molecular complexity index is 1260. The third-order valence-electron chi connectivity index (χ3n) is 7.99. The summed E-state index contributed by atoms with van der Waals surface area (Å²) in [5.41, 5.74) is 1.10. The van der Waals surface area contributed by atoms with Gasteiger partial charge in [0, 0.05) is 24.2 Å². The molecule has 2 saturated heterocycles. The van der Waals surface area contributed by atoms with E-state index in [9.17, 15) is 14.4 Å². The average molecular weight is 609 g/mol. The highest BCUT2D eigenvalue weighted by atomic mass is 16.6. The Morgan fingerprint density at radius 3 is 1.36 bits per heavy atom. The topological polar surface area (TPSA) is 94.6 Å². The van der Waals surface area contributed by atoms with Crippen LogP contribution in [0, 0.1) is 0 Å². The van der Waals surface area contributed by atoms with E-state index in [1.54, 1.807) is 48.3 Å². The SMILES string of the molecule is COc1ccc(C(=O)c2ccc(OC)cc2[C@@H]2CCCCN2C(=O)OC(C)(C)C)c(C2CCCCN2C(=O)OC(C)(C)C)c1. The number of piperidine rings is 2. The van der Waals surface area contributed by atoms with Crippen molar-refractivity contribution in [2.24, 2.45) is 0 Å². The van der Waals surface area contributed by atoms with Crippen LogP contribution in [0.5, 0.6) is 11.5 Å². The van der Waals surface area contributed by atoms with Crippen LogP contribution in [0.15, 0.2) is 36.4 Å². The summed E-state index contributed by atoms with van der Waals surface area (Å²) >= 11 is 0. The van der Waals surface area contributed by atoms with Crippen molar-refractivity contribution < 1.29 is 33.3 Å². The Morgan fingerprint density at radius 2 is 1.02 bits per heavy atom. The highest BCUT2D eigenvalue weighted by Crippen LogP contribution is 2.40. The Kier molecular flexibility index (Phi) is 10.2. The first kappa shape index (κ1) is 33.1. The van der Waals surface area contributed by atoms with E-state index in [2.05, 4.69) is 0 Å². The van der Waals surface area contributed by atoms with Crippen molar-refractivity contribution in [1.29, 1.82) is 0 Å². The number of amides is 2. The van der Waals surface area contributed by atoms with E-state index in [1.165, 1.54) is 0 Å². The Hall–Kier alpha value is -3.75. The predicted octanol–water partition coefficient (Wildman–Crippen LogP) is 7.86. The summed E-state index contributed by atoms with van der Waals surface area (Å²) < 4.78 is 22.7. The van der Waals surface area contributed by atoms with E-state index in [-0.39, 0.29) is 17.9 Å². The minimum Gasteiger partial charge on any atom is -0.497 e. The number of carbonyl (C=O) groups excluding carboxylic acids is 3. The molecule has 9 heteroatoms. The average Bonchev–Trinajstić information content (AvgIpc) is 2.98. The van der Waals surface area contributed by atoms with Crippen LogP contribution in [-0.4, -0.2) is 66.3 Å². The first-order chi connectivity index (χ1) is 20.7. The van der Waals surface area contributed by atoms with Crippen LogP contribution >= 0.6 is 0 Å². The second-order valence-electron chi connectivity index (χ2n) is 13.6. The summed E-state index contributed by atoms with van der Waals surface area (Å²) in [4.78, 5) is 44.8. The van der Waals surface area contributed by atoms with Gasteiger partial charge in [-0.2, -0.15) is 0 Å². The third-order valence-corrected chi connectivity index (χ3v) is 7.99. The van der Waals surface area contributed by atoms with Crippen molar-refractivity contribution in [3.63, 3.8) is 0 Å². The Morgan fingerprint density at radius 1 is 0.636 bits per heavy atom. The molecule has 1 unspecified atom stereocenters. The van der Waals surface area contributed by atoms with Crippen molar-refractivity contribution in [2.45, 2.75) is 103 Å². The quantitative estimate of drug-likeness (QED) is 0.308. The predicted molar refractivity (Wildman–Crippen MR) is 168 cm³/mol. The van der Waals surface area contributed by atoms with Crippen LogP contribution < -0.4 is 9.47 Å². The summed E-state index contributed by atoms with van der Waals surface area (Å²) in [6.45, 7) is 12.2. The van der Waals surface area contributed by atoms with Crippen molar-refractivity contribution in [3.8, 4) is 11.5 Å². The number of methoxy groups -OCH3 is 2. The van der Waals surface area contributed by atoms with Gasteiger partial charge >= 0.3 is 12.2 Å². The van der Waals surface area contributed by atoms with Gasteiger partial charge in [-0.25, -0.2) is 9.59 Å².